The molecule has 2 atom stereocenters. The molecule has 0 aliphatic rings. The fourth-order valence-corrected chi connectivity index (χ4v) is 0.884. The maximum atomic E-state index is 11.2. The fraction of sp³-hybridized carbons (Fsp3) is 0.800. The zero-order valence-corrected chi connectivity index (χ0v) is 13.4. The Kier molecular flexibility index (Phi) is 24.2. The molecule has 5 nitrogen and oxygen atoms in total. The van der Waals surface area contributed by atoms with Gasteiger partial charge in [0.15, 0.2) is 0 Å². The van der Waals surface area contributed by atoms with Crippen molar-refractivity contribution >= 4 is 5.91 Å². The van der Waals surface area contributed by atoms with Gasteiger partial charge in [0.05, 0.1) is 12.0 Å². The van der Waals surface area contributed by atoms with E-state index in [1.165, 1.54) is 14.0 Å². The smallest absolute Gasteiger partial charge is 0.253 e. The number of halogens is 1. The normalized spacial score (nSPS) is 11.9. The molecule has 0 aliphatic heterocycles. The van der Waals surface area contributed by atoms with E-state index in [4.69, 9.17) is 0 Å². The van der Waals surface area contributed by atoms with Crippen LogP contribution in [0.2, 0.25) is 0 Å². The predicted molar refractivity (Wildman–Crippen MR) is 59.3 cm³/mol. The first-order valence-electron chi connectivity index (χ1n) is 4.95. The maximum Gasteiger partial charge on any atom is 0.253 e. The van der Waals surface area contributed by atoms with Crippen molar-refractivity contribution in [3.8, 4) is 0 Å². The Morgan fingerprint density at radius 3 is 2.18 bits per heavy atom. The summed E-state index contributed by atoms with van der Waals surface area (Å²) in [6.07, 6.45) is -0.324. The quantitative estimate of drug-likeness (QED) is 0.408. The number of nitrogens with zero attached hydrogens (tertiary/aromatic N) is 1. The first kappa shape index (κ1) is 25.7. The zero-order chi connectivity index (χ0) is 12.4. The van der Waals surface area contributed by atoms with Crippen LogP contribution in [0.1, 0.15) is 34.1 Å². The van der Waals surface area contributed by atoms with Gasteiger partial charge in [-0.2, -0.15) is 5.06 Å². The summed E-state index contributed by atoms with van der Waals surface area (Å²) in [6, 6.07) is 0. The van der Waals surface area contributed by atoms with E-state index in [2.05, 4.69) is 10.1 Å². The van der Waals surface area contributed by atoms with E-state index in [-0.39, 0.29) is 28.5 Å². The van der Waals surface area contributed by atoms with Gasteiger partial charge in [-0.25, -0.2) is 0 Å². The van der Waals surface area contributed by atoms with E-state index in [0.717, 1.165) is 0 Å². The van der Waals surface area contributed by atoms with Gasteiger partial charge in [0.25, 0.3) is 5.91 Å². The van der Waals surface area contributed by atoms with Crippen molar-refractivity contribution in [3.05, 3.63) is 7.43 Å². The molecule has 0 aromatic carbocycles. The van der Waals surface area contributed by atoms with E-state index >= 15 is 0 Å². The number of hydrogen-bond acceptors (Lipinski definition) is 4. The molecule has 7 heteroatoms. The topological polar surface area (TPSA) is 59.0 Å². The van der Waals surface area contributed by atoms with Crippen molar-refractivity contribution in [2.45, 2.75) is 40.2 Å². The van der Waals surface area contributed by atoms with Gasteiger partial charge in [0, 0.05) is 33.2 Å². The molecule has 17 heavy (non-hydrogen) atoms. The molecule has 0 saturated carbocycles. The number of rotatable bonds is 5. The van der Waals surface area contributed by atoms with Gasteiger partial charge in [-0.15, -0.1) is 0 Å². The molecule has 0 radical (unpaired) electrons. The van der Waals surface area contributed by atoms with Crippen LogP contribution >= 0.6 is 0 Å². The molecule has 1 N–H and O–H groups in total. The van der Waals surface area contributed by atoms with E-state index in [9.17, 15) is 14.4 Å². The number of hydrogen-bond donors (Lipinski definition) is 1. The molecule has 110 valence electrons. The van der Waals surface area contributed by atoms with Gasteiger partial charge in [-0.3, -0.25) is 4.79 Å². The molecule has 0 aromatic heterocycles. The van der Waals surface area contributed by atoms with Crippen molar-refractivity contribution in [1.82, 2.24) is 5.06 Å². The van der Waals surface area contributed by atoms with Crippen LogP contribution < -0.4 is 0 Å². The Morgan fingerprint density at radius 2 is 1.88 bits per heavy atom. The monoisotopic (exact) mass is 435 g/mol. The average molecular weight is 435 g/mol. The summed E-state index contributed by atoms with van der Waals surface area (Å²) in [5.74, 6) is -1.20. The van der Waals surface area contributed by atoms with E-state index in [0.29, 0.717) is 11.5 Å². The molecular weight excluding hydrogens is 412 g/mol. The van der Waals surface area contributed by atoms with Crippen LogP contribution in [-0.2, 0) is 35.9 Å². The molecule has 0 bridgehead atoms. The molecule has 0 spiro atoms. The summed E-state index contributed by atoms with van der Waals surface area (Å²) < 4.78 is 11.2. The van der Waals surface area contributed by atoms with Crippen LogP contribution in [0.5, 0.6) is 0 Å². The molecule has 0 saturated heterocycles. The second-order valence-electron chi connectivity index (χ2n) is 2.74. The third-order valence-corrected chi connectivity index (χ3v) is 1.84. The largest absolute Gasteiger partial charge is 0.392 e. The standard InChI is InChI=1S/C7H14FNO4.C2H6.CH3.Pt/c1-4-6(10)5(2)7(11)9(3)13-12-8;1-2;;/h5-6,10H,4H2,1-3H3;1-2H3;1H3;/q;;-1;. The summed E-state index contributed by atoms with van der Waals surface area (Å²) >= 11 is 0. The fourth-order valence-electron chi connectivity index (χ4n) is 0.884. The van der Waals surface area contributed by atoms with Crippen molar-refractivity contribution in [2.75, 3.05) is 7.05 Å². The Hall–Kier alpha value is -0.0317. The van der Waals surface area contributed by atoms with Gasteiger partial charge in [0.1, 0.15) is 0 Å². The Morgan fingerprint density at radius 1 is 1.47 bits per heavy atom. The minimum Gasteiger partial charge on any atom is -0.392 e. The van der Waals surface area contributed by atoms with E-state index in [1.807, 2.05) is 13.8 Å². The van der Waals surface area contributed by atoms with E-state index < -0.39 is 17.9 Å². The maximum absolute atomic E-state index is 11.2. The molecule has 0 fully saturated rings. The number of hydroxylamine groups is 2. The SMILES string of the molecule is CC.CCC(O)C(C)C(=O)N(C)OOF.[CH3-].[Pt]. The van der Waals surface area contributed by atoms with Gasteiger partial charge >= 0.3 is 0 Å². The molecule has 1 amide bonds. The van der Waals surface area contributed by atoms with Crippen molar-refractivity contribution in [2.24, 2.45) is 5.92 Å². The number of aliphatic hydroxyl groups is 1. The minimum absolute atomic E-state index is 0. The Bertz CT molecular complexity index is 174. The molecule has 0 aliphatic carbocycles. The molecule has 2 unspecified atom stereocenters. The molecule has 0 heterocycles. The third-order valence-electron chi connectivity index (χ3n) is 1.84. The van der Waals surface area contributed by atoms with Crippen LogP contribution in [-0.4, -0.2) is 29.2 Å². The van der Waals surface area contributed by atoms with Crippen LogP contribution in [0.4, 0.5) is 4.53 Å². The van der Waals surface area contributed by atoms with Crippen LogP contribution in [0.25, 0.3) is 0 Å². The summed E-state index contributed by atoms with van der Waals surface area (Å²) in [4.78, 5) is 15.1. The van der Waals surface area contributed by atoms with Crippen molar-refractivity contribution in [1.29, 1.82) is 0 Å². The van der Waals surface area contributed by atoms with Crippen molar-refractivity contribution < 1.29 is 45.6 Å². The van der Waals surface area contributed by atoms with Gasteiger partial charge in [-0.1, -0.05) is 32.7 Å². The number of carbonyl (C=O) groups is 1. The van der Waals surface area contributed by atoms with Gasteiger partial charge in [-0.05, 0) is 10.9 Å². The third kappa shape index (κ3) is 10.8. The number of amides is 1. The predicted octanol–water partition coefficient (Wildman–Crippen LogP) is 2.07. The van der Waals surface area contributed by atoms with Gasteiger partial charge < -0.3 is 12.5 Å². The second-order valence-corrected chi connectivity index (χ2v) is 2.74. The Balaban J connectivity index is -0.000000199. The second kappa shape index (κ2) is 16.0. The average Bonchev–Trinajstić information content (AvgIpc) is 2.29. The summed E-state index contributed by atoms with van der Waals surface area (Å²) in [5, 5.41) is 12.7. The molecular formula is C10H23FNO4Pt-. The first-order valence-corrected chi connectivity index (χ1v) is 4.95. The first-order chi connectivity index (χ1) is 7.04. The zero-order valence-electron chi connectivity index (χ0n) is 11.2. The van der Waals surface area contributed by atoms with Crippen molar-refractivity contribution in [3.63, 3.8) is 0 Å². The molecule has 0 rings (SSSR count). The van der Waals surface area contributed by atoms with E-state index in [1.54, 1.807) is 6.92 Å². The van der Waals surface area contributed by atoms with Gasteiger partial charge in [0.2, 0.25) is 0 Å². The molecule has 0 aromatic rings. The van der Waals surface area contributed by atoms with Crippen LogP contribution in [0, 0.1) is 13.3 Å². The summed E-state index contributed by atoms with van der Waals surface area (Å²) in [7, 11) is 1.20. The number of aliphatic hydroxyl groups excluding tert-OH is 1. The van der Waals surface area contributed by atoms with Crippen LogP contribution in [0.15, 0.2) is 0 Å². The number of carbonyl (C=O) groups excluding carboxylic acids is 1. The van der Waals surface area contributed by atoms with Crippen LogP contribution in [0.3, 0.4) is 0 Å². The minimum atomic E-state index is -0.766. The summed E-state index contributed by atoms with van der Waals surface area (Å²) in [6.45, 7) is 7.26. The summed E-state index contributed by atoms with van der Waals surface area (Å²) in [5.41, 5.74) is 0. The Labute approximate surface area is 117 Å².